The first-order valence-electron chi connectivity index (χ1n) is 7.98. The van der Waals surface area contributed by atoms with Gasteiger partial charge in [0, 0.05) is 23.5 Å². The molecule has 3 rings (SSSR count). The fourth-order valence-electron chi connectivity index (χ4n) is 2.81. The highest BCUT2D eigenvalue weighted by atomic mass is 16.3. The quantitative estimate of drug-likeness (QED) is 0.653. The highest BCUT2D eigenvalue weighted by molar-refractivity contribution is 5.95. The maximum Gasteiger partial charge on any atom is 0.147 e. The fraction of sp³-hybridized carbons (Fsp3) is 0.250. The van der Waals surface area contributed by atoms with Gasteiger partial charge in [-0.1, -0.05) is 36.4 Å². The number of carbonyl (C=O) groups is 1. The first-order valence-corrected chi connectivity index (χ1v) is 7.98. The zero-order chi connectivity index (χ0) is 17.2. The normalized spacial score (nSPS) is 11.8. The summed E-state index contributed by atoms with van der Waals surface area (Å²) in [6, 6.07) is 16.0. The number of rotatable bonds is 6. The number of fused-ring (bicyclic) bond motifs is 1. The number of aliphatic hydroxyl groups is 2. The Balaban J connectivity index is 1.93. The van der Waals surface area contributed by atoms with Crippen LogP contribution in [0.5, 0.6) is 0 Å². The number of H-pyrrole nitrogens is 1. The van der Waals surface area contributed by atoms with Crippen LogP contribution in [-0.4, -0.2) is 34.2 Å². The molecule has 0 amide bonds. The van der Waals surface area contributed by atoms with Crippen molar-refractivity contribution in [2.24, 2.45) is 5.41 Å². The molecular weight excluding hydrogens is 302 g/mol. The summed E-state index contributed by atoms with van der Waals surface area (Å²) >= 11 is 0. The second-order valence-electron chi connectivity index (χ2n) is 6.42. The number of Topliss-reactive ketones (excluding diaryl/α,β-unsaturated/α-hetero) is 1. The van der Waals surface area contributed by atoms with Crippen LogP contribution in [0.4, 0.5) is 0 Å². The van der Waals surface area contributed by atoms with E-state index in [4.69, 9.17) is 0 Å². The van der Waals surface area contributed by atoms with Gasteiger partial charge in [0.25, 0.3) is 0 Å². The third-order valence-corrected chi connectivity index (χ3v) is 4.57. The maximum absolute atomic E-state index is 12.4. The van der Waals surface area contributed by atoms with Crippen LogP contribution in [0, 0.1) is 5.41 Å². The number of hydrogen-bond acceptors (Lipinski definition) is 3. The van der Waals surface area contributed by atoms with Gasteiger partial charge in [0.05, 0.1) is 18.6 Å². The molecule has 0 spiro atoms. The molecule has 1 heterocycles. The van der Waals surface area contributed by atoms with Gasteiger partial charge >= 0.3 is 0 Å². The molecule has 0 aliphatic heterocycles. The van der Waals surface area contributed by atoms with E-state index in [0.29, 0.717) is 0 Å². The highest BCUT2D eigenvalue weighted by Gasteiger charge is 2.31. The molecule has 0 fully saturated rings. The van der Waals surface area contributed by atoms with Crippen LogP contribution >= 0.6 is 0 Å². The van der Waals surface area contributed by atoms with E-state index < -0.39 is 5.41 Å². The standard InChI is InChI=1S/C20H21NO3/c1-20(12-22,13-23)19(24)11-14-4-2-5-15(10-14)16-6-3-7-18-17(16)8-9-21-18/h2-10,21-23H,11-13H2,1H3. The van der Waals surface area contributed by atoms with Crippen molar-refractivity contribution >= 4 is 16.7 Å². The van der Waals surface area contributed by atoms with Crippen LogP contribution in [0.3, 0.4) is 0 Å². The number of carbonyl (C=O) groups excluding carboxylic acids is 1. The molecule has 0 saturated heterocycles. The minimum atomic E-state index is -1.10. The Morgan fingerprint density at radius 1 is 1.08 bits per heavy atom. The molecule has 0 aliphatic carbocycles. The number of ketones is 1. The minimum Gasteiger partial charge on any atom is -0.395 e. The van der Waals surface area contributed by atoms with Crippen LogP contribution in [0.15, 0.2) is 54.7 Å². The first-order chi connectivity index (χ1) is 11.6. The van der Waals surface area contributed by atoms with Crippen LogP contribution < -0.4 is 0 Å². The molecule has 0 aliphatic rings. The Bertz CT molecular complexity index is 862. The van der Waals surface area contributed by atoms with Gasteiger partial charge < -0.3 is 15.2 Å². The molecule has 124 valence electrons. The van der Waals surface area contributed by atoms with Gasteiger partial charge in [-0.05, 0) is 35.7 Å². The van der Waals surface area contributed by atoms with E-state index in [9.17, 15) is 15.0 Å². The minimum absolute atomic E-state index is 0.162. The zero-order valence-corrected chi connectivity index (χ0v) is 13.6. The number of hydrogen-bond donors (Lipinski definition) is 3. The van der Waals surface area contributed by atoms with Gasteiger partial charge in [-0.3, -0.25) is 4.79 Å². The lowest BCUT2D eigenvalue weighted by molar-refractivity contribution is -0.131. The van der Waals surface area contributed by atoms with Crippen LogP contribution in [0.1, 0.15) is 12.5 Å². The van der Waals surface area contributed by atoms with Crippen molar-refractivity contribution in [3.8, 4) is 11.1 Å². The Kier molecular flexibility index (Phi) is 4.51. The SMILES string of the molecule is CC(CO)(CO)C(=O)Cc1cccc(-c2cccc3[nH]ccc23)c1. The summed E-state index contributed by atoms with van der Waals surface area (Å²) in [5.41, 5.74) is 2.99. The third-order valence-electron chi connectivity index (χ3n) is 4.57. The van der Waals surface area contributed by atoms with Gasteiger partial charge in [-0.2, -0.15) is 0 Å². The summed E-state index contributed by atoms with van der Waals surface area (Å²) < 4.78 is 0. The van der Waals surface area contributed by atoms with Crippen molar-refractivity contribution in [1.82, 2.24) is 4.98 Å². The lowest BCUT2D eigenvalue weighted by atomic mass is 9.84. The molecule has 0 atom stereocenters. The molecule has 3 aromatic rings. The van der Waals surface area contributed by atoms with Crippen LogP contribution in [0.25, 0.3) is 22.0 Å². The van der Waals surface area contributed by atoms with Crippen molar-refractivity contribution in [3.05, 3.63) is 60.3 Å². The predicted octanol–water partition coefficient (Wildman–Crippen LogP) is 2.94. The topological polar surface area (TPSA) is 73.3 Å². The number of aromatic amines is 1. The molecule has 0 unspecified atom stereocenters. The predicted molar refractivity (Wildman–Crippen MR) is 94.7 cm³/mol. The van der Waals surface area contributed by atoms with Gasteiger partial charge in [-0.25, -0.2) is 0 Å². The van der Waals surface area contributed by atoms with E-state index in [1.54, 1.807) is 6.92 Å². The lowest BCUT2D eigenvalue weighted by Crippen LogP contribution is -2.36. The Morgan fingerprint density at radius 3 is 2.58 bits per heavy atom. The van der Waals surface area contributed by atoms with Crippen molar-refractivity contribution in [1.29, 1.82) is 0 Å². The Labute approximate surface area is 140 Å². The van der Waals surface area contributed by atoms with Gasteiger partial charge in [0.1, 0.15) is 5.78 Å². The van der Waals surface area contributed by atoms with Crippen molar-refractivity contribution in [2.45, 2.75) is 13.3 Å². The summed E-state index contributed by atoms with van der Waals surface area (Å²) in [5.74, 6) is -0.162. The Hall–Kier alpha value is -2.43. The Morgan fingerprint density at radius 2 is 1.83 bits per heavy atom. The molecule has 0 bridgehead atoms. The van der Waals surface area contributed by atoms with E-state index in [0.717, 1.165) is 27.6 Å². The average Bonchev–Trinajstić information content (AvgIpc) is 3.09. The van der Waals surface area contributed by atoms with E-state index >= 15 is 0 Å². The maximum atomic E-state index is 12.4. The largest absolute Gasteiger partial charge is 0.395 e. The molecule has 1 aromatic heterocycles. The molecule has 0 radical (unpaired) electrons. The summed E-state index contributed by atoms with van der Waals surface area (Å²) in [6.07, 6.45) is 2.10. The summed E-state index contributed by atoms with van der Waals surface area (Å²) in [4.78, 5) is 15.6. The number of aliphatic hydroxyl groups excluding tert-OH is 2. The molecule has 3 N–H and O–H groups in total. The van der Waals surface area contributed by atoms with Gasteiger partial charge in [0.2, 0.25) is 0 Å². The molecular formula is C20H21NO3. The fourth-order valence-corrected chi connectivity index (χ4v) is 2.81. The zero-order valence-electron chi connectivity index (χ0n) is 13.6. The monoisotopic (exact) mass is 323 g/mol. The first kappa shape index (κ1) is 16.4. The van der Waals surface area contributed by atoms with Crippen LogP contribution in [0.2, 0.25) is 0 Å². The number of nitrogens with one attached hydrogen (secondary N) is 1. The molecule has 0 saturated carbocycles. The summed E-state index contributed by atoms with van der Waals surface area (Å²) in [7, 11) is 0. The molecule has 4 heteroatoms. The van der Waals surface area contributed by atoms with E-state index in [1.807, 2.05) is 48.7 Å². The van der Waals surface area contributed by atoms with E-state index in [-0.39, 0.29) is 25.4 Å². The van der Waals surface area contributed by atoms with Crippen molar-refractivity contribution in [3.63, 3.8) is 0 Å². The van der Waals surface area contributed by atoms with Gasteiger partial charge in [0.15, 0.2) is 0 Å². The average molecular weight is 323 g/mol. The smallest absolute Gasteiger partial charge is 0.147 e. The van der Waals surface area contributed by atoms with E-state index in [1.165, 1.54) is 0 Å². The number of aromatic nitrogens is 1. The summed E-state index contributed by atoms with van der Waals surface area (Å²) in [5, 5.41) is 19.9. The second-order valence-corrected chi connectivity index (χ2v) is 6.42. The third kappa shape index (κ3) is 2.98. The summed E-state index contributed by atoms with van der Waals surface area (Å²) in [6.45, 7) is 0.870. The lowest BCUT2D eigenvalue weighted by Gasteiger charge is -2.22. The molecule has 24 heavy (non-hydrogen) atoms. The molecule has 2 aromatic carbocycles. The van der Waals surface area contributed by atoms with Gasteiger partial charge in [-0.15, -0.1) is 0 Å². The van der Waals surface area contributed by atoms with Crippen molar-refractivity contribution in [2.75, 3.05) is 13.2 Å². The van der Waals surface area contributed by atoms with E-state index in [2.05, 4.69) is 11.1 Å². The van der Waals surface area contributed by atoms with Crippen molar-refractivity contribution < 1.29 is 15.0 Å². The highest BCUT2D eigenvalue weighted by Crippen LogP contribution is 2.29. The van der Waals surface area contributed by atoms with Crippen LogP contribution in [-0.2, 0) is 11.2 Å². The number of benzene rings is 2. The molecule has 4 nitrogen and oxygen atoms in total. The second kappa shape index (κ2) is 6.59.